The minimum Gasteiger partial charge on any atom is -0.496 e. The second-order valence-electron chi connectivity index (χ2n) is 12.3. The van der Waals surface area contributed by atoms with Crippen molar-refractivity contribution in [1.82, 2.24) is 15.2 Å². The van der Waals surface area contributed by atoms with Crippen LogP contribution in [0.25, 0.3) is 11.3 Å². The van der Waals surface area contributed by atoms with E-state index in [0.717, 1.165) is 35.7 Å². The zero-order valence-corrected chi connectivity index (χ0v) is 31.2. The van der Waals surface area contributed by atoms with Gasteiger partial charge in [0.05, 0.1) is 18.9 Å². The maximum Gasteiger partial charge on any atom is 0.490 e. The van der Waals surface area contributed by atoms with Crippen LogP contribution in [0.4, 0.5) is 48.2 Å². The Morgan fingerprint density at radius 3 is 2.12 bits per heavy atom. The summed E-state index contributed by atoms with van der Waals surface area (Å²) in [6.45, 7) is 6.63. The van der Waals surface area contributed by atoms with E-state index in [1.165, 1.54) is 19.2 Å². The lowest BCUT2D eigenvalue weighted by atomic mass is 10.1. The fraction of sp³-hybridized carbons (Fsp3) is 0.351. The van der Waals surface area contributed by atoms with Gasteiger partial charge in [-0.15, -0.1) is 0 Å². The van der Waals surface area contributed by atoms with Crippen LogP contribution in [0.3, 0.4) is 0 Å². The van der Waals surface area contributed by atoms with Gasteiger partial charge in [-0.3, -0.25) is 14.1 Å². The number of urea groups is 1. The van der Waals surface area contributed by atoms with Crippen molar-refractivity contribution in [3.05, 3.63) is 96.5 Å². The number of methoxy groups -OCH3 is 1. The molecule has 0 aliphatic heterocycles. The summed E-state index contributed by atoms with van der Waals surface area (Å²) < 4.78 is 48.5. The number of halogens is 6. The number of anilines is 2. The number of nitrogens with one attached hydrogen (secondary N) is 3. The Bertz CT molecular complexity index is 1770. The first kappa shape index (κ1) is 53.2. The molecule has 0 spiro atoms. The highest BCUT2D eigenvalue weighted by Crippen LogP contribution is 2.33. The van der Waals surface area contributed by atoms with Gasteiger partial charge in [0, 0.05) is 49.5 Å². The molecule has 1 aliphatic carbocycles. The minimum absolute atomic E-state index is 0. The van der Waals surface area contributed by atoms with Gasteiger partial charge in [0.25, 0.3) is 0 Å². The first-order valence-electron chi connectivity index (χ1n) is 16.6. The summed E-state index contributed by atoms with van der Waals surface area (Å²) in [5.74, 6) is -0.861. The van der Waals surface area contributed by atoms with Gasteiger partial charge in [-0.2, -0.15) is 13.2 Å². The third-order valence-electron chi connectivity index (χ3n) is 8.04. The number of oxazole rings is 1. The smallest absolute Gasteiger partial charge is 0.490 e. The highest BCUT2D eigenvalue weighted by Gasteiger charge is 2.38. The summed E-state index contributed by atoms with van der Waals surface area (Å²) in [5.41, 5.74) is 3.64. The van der Waals surface area contributed by atoms with Crippen LogP contribution in [-0.4, -0.2) is 76.5 Å². The number of carbonyl (C=O) groups excluding carboxylic acids is 2. The van der Waals surface area contributed by atoms with E-state index < -0.39 is 24.3 Å². The normalized spacial score (nSPS) is 11.9. The van der Waals surface area contributed by atoms with E-state index in [1.54, 1.807) is 43.6 Å². The molecule has 1 aromatic heterocycles. The number of amides is 3. The van der Waals surface area contributed by atoms with E-state index in [4.69, 9.17) is 23.8 Å². The molecule has 20 heteroatoms. The van der Waals surface area contributed by atoms with Gasteiger partial charge in [-0.1, -0.05) is 42.5 Å². The zero-order chi connectivity index (χ0) is 37.7. The minimum atomic E-state index is -5.08. The molecule has 1 saturated carbocycles. The molecule has 0 radical (unpaired) electrons. The fourth-order valence-electron chi connectivity index (χ4n) is 5.16. The van der Waals surface area contributed by atoms with E-state index in [1.807, 2.05) is 42.5 Å². The van der Waals surface area contributed by atoms with Crippen LogP contribution in [0.2, 0.25) is 0 Å². The Balaban J connectivity index is 0. The van der Waals surface area contributed by atoms with Crippen molar-refractivity contribution >= 4 is 29.5 Å². The molecule has 1 unspecified atom stereocenters. The molecular formula is C37H49F6N5O9. The van der Waals surface area contributed by atoms with Crippen molar-refractivity contribution < 1.29 is 71.6 Å². The number of carboxylic acid groups (broad SMARTS) is 1. The van der Waals surface area contributed by atoms with Crippen LogP contribution in [0, 0.1) is 5.92 Å². The lowest BCUT2D eigenvalue weighted by molar-refractivity contribution is -0.192. The third-order valence-corrected chi connectivity index (χ3v) is 8.04. The molecule has 1 heterocycles. The number of hydrogen-bond donors (Lipinski definition) is 4. The number of carboxylic acids is 1. The van der Waals surface area contributed by atoms with Gasteiger partial charge >= 0.3 is 24.3 Å². The van der Waals surface area contributed by atoms with Crippen LogP contribution < -0.4 is 20.7 Å². The van der Waals surface area contributed by atoms with Gasteiger partial charge in [-0.05, 0) is 68.0 Å². The molecule has 1 aliphatic rings. The quantitative estimate of drug-likeness (QED) is 0.0970. The number of nitrogens with zero attached hydrogens (tertiary/aromatic N) is 2. The molecule has 0 saturated heterocycles. The molecule has 318 valence electrons. The Hall–Kier alpha value is -5.86. The lowest BCUT2D eigenvalue weighted by Crippen LogP contribution is -2.35. The van der Waals surface area contributed by atoms with Gasteiger partial charge in [-0.25, -0.2) is 19.4 Å². The van der Waals surface area contributed by atoms with E-state index in [2.05, 4.69) is 39.7 Å². The molecule has 3 amide bonds. The summed E-state index contributed by atoms with van der Waals surface area (Å²) in [5, 5.41) is 15.7. The number of alkyl carbamates (subject to hydrolysis) is 1. The molecule has 1 fully saturated rings. The van der Waals surface area contributed by atoms with Crippen LogP contribution in [0.5, 0.6) is 5.75 Å². The molecule has 8 N–H and O–H groups in total. The molecule has 57 heavy (non-hydrogen) atoms. The molecular weight excluding hydrogens is 772 g/mol. The highest BCUT2D eigenvalue weighted by molar-refractivity contribution is 6.00. The zero-order valence-electron chi connectivity index (χ0n) is 31.2. The number of aromatic nitrogens is 1. The standard InChI is InChI=1S/C35H41N5O5.C2HF3O2.3FH.2H2O/c1-24(2)40(22-25-12-13-25)17-16-31(27-9-5-4-6-10-27)45-35(42)37-20-26-8-7-11-28(18-26)38-34(41)39-29-14-15-30(32(19-29)43-3)33-21-36-23-44-33;3-2(4,5)1(6)7;;;;;/h4-11,14-15,18-19,21,23-25,31H,12-13,16-17,20,22H2,1-3H3,(H,37,42)(H2,38,39,41);(H,6,7);3*1H;2*1H2. The lowest BCUT2D eigenvalue weighted by Gasteiger charge is -2.28. The number of ether oxygens (including phenoxy) is 2. The first-order valence-corrected chi connectivity index (χ1v) is 16.6. The van der Waals surface area contributed by atoms with Gasteiger partial charge in [0.2, 0.25) is 0 Å². The summed E-state index contributed by atoms with van der Waals surface area (Å²) in [7, 11) is 1.55. The highest BCUT2D eigenvalue weighted by atomic mass is 19.4. The number of rotatable bonds is 14. The number of benzene rings is 3. The second kappa shape index (κ2) is 25.3. The van der Waals surface area contributed by atoms with Crippen LogP contribution in [0.1, 0.15) is 50.3 Å². The van der Waals surface area contributed by atoms with Gasteiger partial charge in [0.1, 0.15) is 11.9 Å². The van der Waals surface area contributed by atoms with Gasteiger partial charge in [0.15, 0.2) is 12.2 Å². The maximum atomic E-state index is 12.9. The van der Waals surface area contributed by atoms with E-state index in [0.29, 0.717) is 35.3 Å². The molecule has 4 aromatic rings. The molecule has 0 bridgehead atoms. The summed E-state index contributed by atoms with van der Waals surface area (Å²) in [6.07, 6.45) is 0.344. The molecule has 5 rings (SSSR count). The average molecular weight is 822 g/mol. The SMILES string of the molecule is COc1cc(NC(=O)Nc2cccc(CNC(=O)OC(CCN(CC3CC3)C(C)C)c3ccccc3)c2)ccc1-c1cnco1.F.F.F.O.O.O=C(O)C(F)(F)F. The third kappa shape index (κ3) is 17.6. The Labute approximate surface area is 324 Å². The summed E-state index contributed by atoms with van der Waals surface area (Å²) in [6, 6.07) is 22.4. The number of carbonyl (C=O) groups is 3. The Morgan fingerprint density at radius 2 is 1.58 bits per heavy atom. The van der Waals surface area contributed by atoms with Crippen LogP contribution in [0.15, 0.2) is 89.8 Å². The topological polar surface area (TPSA) is 218 Å². The first-order chi connectivity index (χ1) is 24.8. The predicted octanol–water partition coefficient (Wildman–Crippen LogP) is 6.91. The predicted molar refractivity (Wildman–Crippen MR) is 203 cm³/mol. The van der Waals surface area contributed by atoms with Crippen LogP contribution in [-0.2, 0) is 16.1 Å². The van der Waals surface area contributed by atoms with Crippen molar-refractivity contribution in [2.75, 3.05) is 30.8 Å². The molecule has 14 nitrogen and oxygen atoms in total. The summed E-state index contributed by atoms with van der Waals surface area (Å²) >= 11 is 0. The number of alkyl halides is 3. The van der Waals surface area contributed by atoms with Crippen LogP contribution >= 0.6 is 0 Å². The van der Waals surface area contributed by atoms with Crippen molar-refractivity contribution in [1.29, 1.82) is 0 Å². The van der Waals surface area contributed by atoms with E-state index in [-0.39, 0.29) is 37.7 Å². The van der Waals surface area contributed by atoms with Crippen molar-refractivity contribution in [3.8, 4) is 17.1 Å². The van der Waals surface area contributed by atoms with Crippen molar-refractivity contribution in [2.24, 2.45) is 5.92 Å². The second-order valence-corrected chi connectivity index (χ2v) is 12.3. The average Bonchev–Trinajstić information content (AvgIpc) is 3.77. The van der Waals surface area contributed by atoms with E-state index in [9.17, 15) is 22.8 Å². The largest absolute Gasteiger partial charge is 0.496 e. The summed E-state index contributed by atoms with van der Waals surface area (Å²) in [4.78, 5) is 41.0. The number of aliphatic carboxylic acids is 1. The van der Waals surface area contributed by atoms with Crippen molar-refractivity contribution in [3.63, 3.8) is 0 Å². The monoisotopic (exact) mass is 821 g/mol. The molecule has 1 atom stereocenters. The van der Waals surface area contributed by atoms with Gasteiger partial charge < -0.3 is 50.8 Å². The van der Waals surface area contributed by atoms with Crippen molar-refractivity contribution in [2.45, 2.75) is 58.0 Å². The molecule has 3 aromatic carbocycles. The maximum absolute atomic E-state index is 12.9. The Morgan fingerprint density at radius 1 is 0.947 bits per heavy atom. The Kier molecular flexibility index (Phi) is 23.7. The van der Waals surface area contributed by atoms with E-state index >= 15 is 0 Å². The fourth-order valence-corrected chi connectivity index (χ4v) is 5.16. The number of hydrogen-bond acceptors (Lipinski definition) is 8.